The molecule has 4 nitrogen and oxygen atoms in total. The van der Waals surface area contributed by atoms with E-state index in [4.69, 9.17) is 4.42 Å². The zero-order chi connectivity index (χ0) is 14.9. The summed E-state index contributed by atoms with van der Waals surface area (Å²) in [6.45, 7) is 4.67. The van der Waals surface area contributed by atoms with E-state index in [0.29, 0.717) is 0 Å². The van der Waals surface area contributed by atoms with Crippen molar-refractivity contribution in [1.82, 2.24) is 10.2 Å². The molecule has 2 rings (SSSR count). The smallest absolute Gasteiger partial charge is 0.193 e. The van der Waals surface area contributed by atoms with Crippen LogP contribution in [0.1, 0.15) is 17.6 Å². The minimum atomic E-state index is 0.735. The number of nitrogens with zero attached hydrogens (tertiary/aromatic N) is 2. The number of rotatable bonds is 7. The molecule has 21 heavy (non-hydrogen) atoms. The second-order valence-corrected chi connectivity index (χ2v) is 5.85. The quantitative estimate of drug-likeness (QED) is 0.631. The summed E-state index contributed by atoms with van der Waals surface area (Å²) in [5.74, 6) is 1.94. The van der Waals surface area contributed by atoms with Crippen LogP contribution in [-0.2, 0) is 12.8 Å². The van der Waals surface area contributed by atoms with Crippen molar-refractivity contribution in [3.8, 4) is 0 Å². The first-order valence-corrected chi connectivity index (χ1v) is 8.21. The van der Waals surface area contributed by atoms with E-state index in [1.54, 1.807) is 17.6 Å². The molecule has 0 saturated carbocycles. The van der Waals surface area contributed by atoms with Crippen LogP contribution in [0.5, 0.6) is 0 Å². The summed E-state index contributed by atoms with van der Waals surface area (Å²) in [6.07, 6.45) is 3.59. The SMILES string of the molecule is CCNC(=NCCc1ccco1)N(C)CCc1cccs1. The molecule has 5 heteroatoms. The fourth-order valence-corrected chi connectivity index (χ4v) is 2.73. The van der Waals surface area contributed by atoms with Gasteiger partial charge in [0.2, 0.25) is 0 Å². The molecule has 0 aliphatic carbocycles. The maximum Gasteiger partial charge on any atom is 0.193 e. The van der Waals surface area contributed by atoms with Crippen molar-refractivity contribution < 1.29 is 4.42 Å². The molecule has 2 heterocycles. The molecule has 0 amide bonds. The molecule has 0 radical (unpaired) electrons. The Morgan fingerprint density at radius 2 is 2.24 bits per heavy atom. The number of likely N-dealkylation sites (N-methyl/N-ethyl adjacent to an activating group) is 1. The molecule has 0 atom stereocenters. The monoisotopic (exact) mass is 305 g/mol. The molecule has 2 aromatic heterocycles. The second kappa shape index (κ2) is 8.52. The van der Waals surface area contributed by atoms with Crippen molar-refractivity contribution >= 4 is 17.3 Å². The number of guanidine groups is 1. The van der Waals surface area contributed by atoms with Gasteiger partial charge >= 0.3 is 0 Å². The summed E-state index contributed by atoms with van der Waals surface area (Å²) in [4.78, 5) is 8.26. The lowest BCUT2D eigenvalue weighted by atomic mass is 10.3. The van der Waals surface area contributed by atoms with Crippen LogP contribution in [0.2, 0.25) is 0 Å². The molecule has 2 aromatic rings. The van der Waals surface area contributed by atoms with Crippen molar-refractivity contribution in [1.29, 1.82) is 0 Å². The fourth-order valence-electron chi connectivity index (χ4n) is 2.04. The van der Waals surface area contributed by atoms with Gasteiger partial charge in [-0.25, -0.2) is 0 Å². The largest absolute Gasteiger partial charge is 0.469 e. The minimum Gasteiger partial charge on any atom is -0.469 e. The molecule has 0 bridgehead atoms. The number of thiophene rings is 1. The van der Waals surface area contributed by atoms with Gasteiger partial charge in [-0.05, 0) is 36.9 Å². The van der Waals surface area contributed by atoms with Gasteiger partial charge in [-0.1, -0.05) is 6.07 Å². The lowest BCUT2D eigenvalue weighted by molar-refractivity contribution is 0.483. The number of aliphatic imine (C=N–C) groups is 1. The predicted octanol–water partition coefficient (Wildman–Crippen LogP) is 3.02. The van der Waals surface area contributed by atoms with Crippen molar-refractivity contribution in [3.63, 3.8) is 0 Å². The molecule has 0 aromatic carbocycles. The molecule has 1 N–H and O–H groups in total. The van der Waals surface area contributed by atoms with E-state index in [2.05, 4.69) is 46.7 Å². The molecular formula is C16H23N3OS. The third kappa shape index (κ3) is 5.27. The van der Waals surface area contributed by atoms with Gasteiger partial charge in [0.1, 0.15) is 5.76 Å². The maximum atomic E-state index is 5.33. The van der Waals surface area contributed by atoms with E-state index in [1.807, 2.05) is 12.1 Å². The Morgan fingerprint density at radius 3 is 2.90 bits per heavy atom. The van der Waals surface area contributed by atoms with Crippen molar-refractivity contribution in [2.75, 3.05) is 26.7 Å². The van der Waals surface area contributed by atoms with Gasteiger partial charge in [0.15, 0.2) is 5.96 Å². The summed E-state index contributed by atoms with van der Waals surface area (Å²) in [7, 11) is 2.09. The average Bonchev–Trinajstić information content (AvgIpc) is 3.17. The second-order valence-electron chi connectivity index (χ2n) is 4.82. The number of nitrogens with one attached hydrogen (secondary N) is 1. The van der Waals surface area contributed by atoms with Crippen molar-refractivity contribution in [3.05, 3.63) is 46.5 Å². The van der Waals surface area contributed by atoms with Gasteiger partial charge in [0.05, 0.1) is 6.26 Å². The van der Waals surface area contributed by atoms with Gasteiger partial charge in [-0.3, -0.25) is 4.99 Å². The van der Waals surface area contributed by atoms with Gasteiger partial charge < -0.3 is 14.6 Å². The molecule has 0 fully saturated rings. The van der Waals surface area contributed by atoms with Crippen molar-refractivity contribution in [2.24, 2.45) is 4.99 Å². The summed E-state index contributed by atoms with van der Waals surface area (Å²) in [6, 6.07) is 8.18. The molecule has 0 aliphatic heterocycles. The Bertz CT molecular complexity index is 520. The average molecular weight is 305 g/mol. The zero-order valence-corrected chi connectivity index (χ0v) is 13.5. The van der Waals surface area contributed by atoms with E-state index in [9.17, 15) is 0 Å². The number of hydrogen-bond acceptors (Lipinski definition) is 3. The highest BCUT2D eigenvalue weighted by atomic mass is 32.1. The highest BCUT2D eigenvalue weighted by Crippen LogP contribution is 2.09. The predicted molar refractivity (Wildman–Crippen MR) is 89.0 cm³/mol. The minimum absolute atomic E-state index is 0.735. The van der Waals surface area contributed by atoms with E-state index in [-0.39, 0.29) is 0 Å². The normalized spacial score (nSPS) is 11.6. The lowest BCUT2D eigenvalue weighted by Gasteiger charge is -2.21. The fraction of sp³-hybridized carbons (Fsp3) is 0.438. The standard InChI is InChI=1S/C16H23N3OS/c1-3-17-16(18-10-8-14-6-4-12-20-14)19(2)11-9-15-7-5-13-21-15/h4-7,12-13H,3,8-11H2,1-2H3,(H,17,18). The first-order chi connectivity index (χ1) is 10.3. The number of hydrogen-bond donors (Lipinski definition) is 1. The molecule has 114 valence electrons. The van der Waals surface area contributed by atoms with Crippen LogP contribution >= 0.6 is 11.3 Å². The molecule has 0 aliphatic rings. The Balaban J connectivity index is 1.83. The molecule has 0 spiro atoms. The van der Waals surface area contributed by atoms with Crippen LogP contribution in [0.15, 0.2) is 45.3 Å². The van der Waals surface area contributed by atoms with Gasteiger partial charge in [-0.15, -0.1) is 11.3 Å². The molecule has 0 saturated heterocycles. The van der Waals surface area contributed by atoms with Gasteiger partial charge in [-0.2, -0.15) is 0 Å². The summed E-state index contributed by atoms with van der Waals surface area (Å²) in [5.41, 5.74) is 0. The zero-order valence-electron chi connectivity index (χ0n) is 12.7. The topological polar surface area (TPSA) is 40.8 Å². The van der Waals surface area contributed by atoms with E-state index < -0.39 is 0 Å². The molecule has 0 unspecified atom stereocenters. The highest BCUT2D eigenvalue weighted by molar-refractivity contribution is 7.09. The third-order valence-corrected chi connectivity index (χ3v) is 4.11. The Hall–Kier alpha value is -1.75. The van der Waals surface area contributed by atoms with E-state index in [1.165, 1.54) is 4.88 Å². The Labute approximate surface area is 130 Å². The summed E-state index contributed by atoms with van der Waals surface area (Å²) < 4.78 is 5.33. The van der Waals surface area contributed by atoms with Crippen LogP contribution in [0.25, 0.3) is 0 Å². The Morgan fingerprint density at radius 1 is 1.33 bits per heavy atom. The summed E-state index contributed by atoms with van der Waals surface area (Å²) in [5, 5.41) is 5.46. The van der Waals surface area contributed by atoms with Crippen LogP contribution in [-0.4, -0.2) is 37.5 Å². The summed E-state index contributed by atoms with van der Waals surface area (Å²) >= 11 is 1.81. The van der Waals surface area contributed by atoms with Crippen LogP contribution in [0, 0.1) is 0 Å². The Kier molecular flexibility index (Phi) is 6.34. The maximum absolute atomic E-state index is 5.33. The van der Waals surface area contributed by atoms with Gasteiger partial charge in [0.25, 0.3) is 0 Å². The van der Waals surface area contributed by atoms with Crippen LogP contribution in [0.3, 0.4) is 0 Å². The lowest BCUT2D eigenvalue weighted by Crippen LogP contribution is -2.40. The third-order valence-electron chi connectivity index (χ3n) is 3.17. The van der Waals surface area contributed by atoms with Crippen molar-refractivity contribution in [2.45, 2.75) is 19.8 Å². The van der Waals surface area contributed by atoms with E-state index in [0.717, 1.165) is 44.2 Å². The first-order valence-electron chi connectivity index (χ1n) is 7.33. The number of furan rings is 1. The van der Waals surface area contributed by atoms with Crippen LogP contribution in [0.4, 0.5) is 0 Å². The van der Waals surface area contributed by atoms with E-state index >= 15 is 0 Å². The molecular weight excluding hydrogens is 282 g/mol. The first kappa shape index (κ1) is 15.6. The van der Waals surface area contributed by atoms with Crippen LogP contribution < -0.4 is 5.32 Å². The van der Waals surface area contributed by atoms with Gasteiger partial charge in [0, 0.05) is 38.0 Å². The highest BCUT2D eigenvalue weighted by Gasteiger charge is 2.06.